The van der Waals surface area contributed by atoms with Gasteiger partial charge >= 0.3 is 0 Å². The van der Waals surface area contributed by atoms with E-state index in [1.807, 2.05) is 0 Å². The third kappa shape index (κ3) is 2.30. The van der Waals surface area contributed by atoms with Gasteiger partial charge in [0.2, 0.25) is 0 Å². The molecule has 0 aromatic heterocycles. The number of nitrogens with zero attached hydrogens (tertiary/aromatic N) is 1. The molecule has 0 N–H and O–H groups in total. The predicted octanol–water partition coefficient (Wildman–Crippen LogP) is 2.87. The van der Waals surface area contributed by atoms with E-state index in [2.05, 4.69) is 15.9 Å². The maximum absolute atomic E-state index is 10.8. The van der Waals surface area contributed by atoms with Crippen LogP contribution in [0.5, 0.6) is 0 Å². The fourth-order valence-electron chi connectivity index (χ4n) is 0.969. The average Bonchev–Trinajstić information content (AvgIpc) is 2.16. The lowest BCUT2D eigenvalue weighted by molar-refractivity contribution is -0.385. The summed E-state index contributed by atoms with van der Waals surface area (Å²) in [6.45, 7) is 0. The number of nitro groups is 1. The fourth-order valence-corrected chi connectivity index (χ4v) is 1.56. The van der Waals surface area contributed by atoms with E-state index in [0.717, 1.165) is 0 Å². The maximum Gasteiger partial charge on any atom is 0.274 e. The highest BCUT2D eigenvalue weighted by atomic mass is 79.9. The van der Waals surface area contributed by atoms with Crippen molar-refractivity contribution < 1.29 is 9.72 Å². The van der Waals surface area contributed by atoms with Gasteiger partial charge in [0.25, 0.3) is 10.9 Å². The molecule has 0 fully saturated rings. The quantitative estimate of drug-likeness (QED) is 0.370. The fraction of sp³-hybridized carbons (Fsp3) is 0.125. The summed E-state index contributed by atoms with van der Waals surface area (Å²) in [5, 5.41) is 10.2. The van der Waals surface area contributed by atoms with Crippen molar-refractivity contribution in [3.63, 3.8) is 0 Å². The lowest BCUT2D eigenvalue weighted by atomic mass is 10.1. The van der Waals surface area contributed by atoms with Crippen LogP contribution in [-0.2, 0) is 5.33 Å². The molecule has 6 heteroatoms. The van der Waals surface area contributed by atoms with E-state index >= 15 is 0 Å². The Labute approximate surface area is 93.1 Å². The predicted molar refractivity (Wildman–Crippen MR) is 55.9 cm³/mol. The van der Waals surface area contributed by atoms with Crippen molar-refractivity contribution in [2.45, 2.75) is 5.33 Å². The summed E-state index contributed by atoms with van der Waals surface area (Å²) in [4.78, 5) is 20.8. The molecule has 1 rings (SSSR count). The number of carbonyl (C=O) groups excluding carboxylic acids is 1. The number of rotatable bonds is 3. The molecule has 0 bridgehead atoms. The van der Waals surface area contributed by atoms with Crippen LogP contribution in [-0.4, -0.2) is 10.2 Å². The third-order valence-electron chi connectivity index (χ3n) is 1.65. The van der Waals surface area contributed by atoms with Gasteiger partial charge < -0.3 is 0 Å². The number of hydrogen-bond donors (Lipinski definition) is 0. The van der Waals surface area contributed by atoms with Crippen molar-refractivity contribution in [3.05, 3.63) is 39.4 Å². The Morgan fingerprint density at radius 1 is 1.57 bits per heavy atom. The molecular weight excluding hydrogens is 273 g/mol. The Hall–Kier alpha value is -0.940. The van der Waals surface area contributed by atoms with Crippen LogP contribution in [0.25, 0.3) is 0 Å². The maximum atomic E-state index is 10.8. The molecule has 0 saturated carbocycles. The second-order valence-electron chi connectivity index (χ2n) is 2.51. The Kier molecular flexibility index (Phi) is 3.60. The van der Waals surface area contributed by atoms with Crippen LogP contribution in [0.2, 0.25) is 0 Å². The molecule has 0 aliphatic heterocycles. The SMILES string of the molecule is O=C(Cl)c1ccc(CBr)c([N+](=O)[O-])c1. The summed E-state index contributed by atoms with van der Waals surface area (Å²) in [6.07, 6.45) is 0. The van der Waals surface area contributed by atoms with Gasteiger partial charge in [0, 0.05) is 22.5 Å². The monoisotopic (exact) mass is 277 g/mol. The van der Waals surface area contributed by atoms with E-state index in [9.17, 15) is 14.9 Å². The van der Waals surface area contributed by atoms with E-state index in [0.29, 0.717) is 10.9 Å². The molecule has 0 amide bonds. The Morgan fingerprint density at radius 3 is 2.64 bits per heavy atom. The number of nitro benzene ring substituents is 1. The van der Waals surface area contributed by atoms with Crippen molar-refractivity contribution >= 4 is 38.5 Å². The summed E-state index contributed by atoms with van der Waals surface area (Å²) in [7, 11) is 0. The lowest BCUT2D eigenvalue weighted by Crippen LogP contribution is -1.97. The second-order valence-corrected chi connectivity index (χ2v) is 3.41. The van der Waals surface area contributed by atoms with Crippen LogP contribution in [0.15, 0.2) is 18.2 Å². The van der Waals surface area contributed by atoms with Gasteiger partial charge in [-0.3, -0.25) is 14.9 Å². The molecule has 0 unspecified atom stereocenters. The van der Waals surface area contributed by atoms with E-state index in [1.54, 1.807) is 0 Å². The van der Waals surface area contributed by atoms with E-state index in [1.165, 1.54) is 18.2 Å². The number of alkyl halides is 1. The molecular formula is C8H5BrClNO3. The third-order valence-corrected chi connectivity index (χ3v) is 2.48. The molecule has 0 spiro atoms. The normalized spacial score (nSPS) is 9.86. The minimum absolute atomic E-state index is 0.103. The second kappa shape index (κ2) is 4.52. The first kappa shape index (κ1) is 11.1. The molecule has 14 heavy (non-hydrogen) atoms. The average molecular weight is 278 g/mol. The topological polar surface area (TPSA) is 60.2 Å². The zero-order valence-electron chi connectivity index (χ0n) is 6.87. The van der Waals surface area contributed by atoms with Crippen molar-refractivity contribution in [1.82, 2.24) is 0 Å². The molecule has 4 nitrogen and oxygen atoms in total. The van der Waals surface area contributed by atoms with Crippen molar-refractivity contribution in [3.8, 4) is 0 Å². The van der Waals surface area contributed by atoms with Crippen LogP contribution in [0.3, 0.4) is 0 Å². The first-order chi connectivity index (χ1) is 6.56. The zero-order valence-corrected chi connectivity index (χ0v) is 9.21. The van der Waals surface area contributed by atoms with Crippen LogP contribution in [0.1, 0.15) is 15.9 Å². The molecule has 0 atom stereocenters. The summed E-state index contributed by atoms with van der Waals surface area (Å²) < 4.78 is 0. The van der Waals surface area contributed by atoms with Gasteiger partial charge in [-0.05, 0) is 17.7 Å². The Morgan fingerprint density at radius 2 is 2.21 bits per heavy atom. The molecule has 1 aromatic rings. The first-order valence-electron chi connectivity index (χ1n) is 3.59. The van der Waals surface area contributed by atoms with Gasteiger partial charge in [-0.25, -0.2) is 0 Å². The summed E-state index contributed by atoms with van der Waals surface area (Å²) in [6, 6.07) is 4.13. The minimum Gasteiger partial charge on any atom is -0.276 e. The molecule has 0 radical (unpaired) electrons. The van der Waals surface area contributed by atoms with Crippen LogP contribution < -0.4 is 0 Å². The molecule has 0 aliphatic rings. The van der Waals surface area contributed by atoms with Gasteiger partial charge in [0.15, 0.2) is 0 Å². The smallest absolute Gasteiger partial charge is 0.274 e. The van der Waals surface area contributed by atoms with Gasteiger partial charge in [0.05, 0.1) is 4.92 Å². The van der Waals surface area contributed by atoms with Crippen molar-refractivity contribution in [1.29, 1.82) is 0 Å². The molecule has 0 saturated heterocycles. The van der Waals surface area contributed by atoms with E-state index in [-0.39, 0.29) is 11.3 Å². The zero-order chi connectivity index (χ0) is 10.7. The highest BCUT2D eigenvalue weighted by molar-refractivity contribution is 9.08. The van der Waals surface area contributed by atoms with E-state index < -0.39 is 10.2 Å². The highest BCUT2D eigenvalue weighted by Crippen LogP contribution is 2.23. The number of halogens is 2. The Balaban J connectivity index is 3.27. The first-order valence-corrected chi connectivity index (χ1v) is 5.09. The summed E-state index contributed by atoms with van der Waals surface area (Å²) in [5.74, 6) is 0. The molecule has 0 heterocycles. The van der Waals surface area contributed by atoms with Crippen LogP contribution in [0, 0.1) is 10.1 Å². The van der Waals surface area contributed by atoms with Gasteiger partial charge in [-0.15, -0.1) is 0 Å². The van der Waals surface area contributed by atoms with Gasteiger partial charge in [-0.2, -0.15) is 0 Å². The largest absolute Gasteiger partial charge is 0.276 e. The van der Waals surface area contributed by atoms with E-state index in [4.69, 9.17) is 11.6 Å². The van der Waals surface area contributed by atoms with Gasteiger partial charge in [0.1, 0.15) is 0 Å². The molecule has 1 aromatic carbocycles. The lowest BCUT2D eigenvalue weighted by Gasteiger charge is -1.99. The number of benzene rings is 1. The minimum atomic E-state index is -0.700. The number of hydrogen-bond acceptors (Lipinski definition) is 3. The standard InChI is InChI=1S/C8H5BrClNO3/c9-4-6-2-1-5(8(10)12)3-7(6)11(13)14/h1-3H,4H2. The van der Waals surface area contributed by atoms with Crippen molar-refractivity contribution in [2.75, 3.05) is 0 Å². The molecule has 74 valence electrons. The van der Waals surface area contributed by atoms with Gasteiger partial charge in [-0.1, -0.05) is 22.0 Å². The molecule has 0 aliphatic carbocycles. The number of carbonyl (C=O) groups is 1. The van der Waals surface area contributed by atoms with Crippen molar-refractivity contribution in [2.24, 2.45) is 0 Å². The summed E-state index contributed by atoms with van der Waals surface area (Å²) in [5.41, 5.74) is 0.535. The van der Waals surface area contributed by atoms with Crippen LogP contribution in [0.4, 0.5) is 5.69 Å². The highest BCUT2D eigenvalue weighted by Gasteiger charge is 2.15. The van der Waals surface area contributed by atoms with Crippen LogP contribution >= 0.6 is 27.5 Å². The summed E-state index contributed by atoms with van der Waals surface area (Å²) >= 11 is 8.32. The Bertz CT molecular complexity index is 394.